The Balaban J connectivity index is 1.59. The highest BCUT2D eigenvalue weighted by Gasteiger charge is 2.40. The van der Waals surface area contributed by atoms with Crippen LogP contribution in [0.1, 0.15) is 11.1 Å². The van der Waals surface area contributed by atoms with Crippen molar-refractivity contribution in [3.63, 3.8) is 0 Å². The summed E-state index contributed by atoms with van der Waals surface area (Å²) in [6.07, 6.45) is 0.979. The number of hydrogen-bond donors (Lipinski definition) is 1. The van der Waals surface area contributed by atoms with Crippen molar-refractivity contribution < 1.29 is 14.0 Å². The fourth-order valence-corrected chi connectivity index (χ4v) is 5.00. The number of halogens is 1. The molecule has 0 spiro atoms. The van der Waals surface area contributed by atoms with Gasteiger partial charge in [0.2, 0.25) is 5.91 Å². The van der Waals surface area contributed by atoms with Crippen molar-refractivity contribution >= 4 is 29.3 Å². The molecule has 0 bridgehead atoms. The number of rotatable bonds is 7. The third-order valence-electron chi connectivity index (χ3n) is 5.40. The van der Waals surface area contributed by atoms with Crippen LogP contribution < -0.4 is 10.2 Å². The maximum Gasteiger partial charge on any atom is 0.264 e. The van der Waals surface area contributed by atoms with Crippen LogP contribution in [0.15, 0.2) is 95.5 Å². The lowest BCUT2D eigenvalue weighted by Gasteiger charge is -2.18. The van der Waals surface area contributed by atoms with E-state index in [4.69, 9.17) is 0 Å². The Bertz CT molecular complexity index is 1240. The second-order valence-corrected chi connectivity index (χ2v) is 8.92. The molecule has 5 nitrogen and oxygen atoms in total. The van der Waals surface area contributed by atoms with Gasteiger partial charge >= 0.3 is 0 Å². The van der Waals surface area contributed by atoms with Gasteiger partial charge in [0.05, 0.1) is 5.25 Å². The summed E-state index contributed by atoms with van der Waals surface area (Å²) < 4.78 is 13.3. The molecular formula is C27H22FN3O2S. The normalized spacial score (nSPS) is 16.8. The van der Waals surface area contributed by atoms with Crippen LogP contribution in [-0.4, -0.2) is 23.6 Å². The molecule has 1 atom stereocenters. The minimum absolute atomic E-state index is 0.100. The average Bonchev–Trinajstić information content (AvgIpc) is 3.17. The summed E-state index contributed by atoms with van der Waals surface area (Å²) >= 11 is 1.19. The lowest BCUT2D eigenvalue weighted by molar-refractivity contribution is -0.117. The molecule has 1 aliphatic rings. The molecule has 7 heteroatoms. The molecule has 0 aromatic heterocycles. The minimum Gasteiger partial charge on any atom is -0.351 e. The Morgan fingerprint density at radius 1 is 0.971 bits per heavy atom. The molecule has 34 heavy (non-hydrogen) atoms. The van der Waals surface area contributed by atoms with Gasteiger partial charge < -0.3 is 5.32 Å². The van der Waals surface area contributed by atoms with E-state index in [1.807, 2.05) is 42.5 Å². The number of nitriles is 1. The third-order valence-corrected chi connectivity index (χ3v) is 6.66. The van der Waals surface area contributed by atoms with Crippen LogP contribution in [-0.2, 0) is 22.4 Å². The van der Waals surface area contributed by atoms with E-state index in [2.05, 4.69) is 5.32 Å². The smallest absolute Gasteiger partial charge is 0.264 e. The number of carbonyl (C=O) groups excluding carboxylic acids is 2. The molecule has 1 aliphatic heterocycles. The zero-order chi connectivity index (χ0) is 23.9. The molecule has 1 unspecified atom stereocenters. The largest absolute Gasteiger partial charge is 0.351 e. The molecule has 4 rings (SSSR count). The monoisotopic (exact) mass is 471 g/mol. The number of amides is 2. The molecule has 170 valence electrons. The minimum atomic E-state index is -0.541. The molecular weight excluding hydrogens is 449 g/mol. The van der Waals surface area contributed by atoms with Crippen molar-refractivity contribution in [2.45, 2.75) is 18.1 Å². The highest BCUT2D eigenvalue weighted by Crippen LogP contribution is 2.41. The molecule has 0 saturated carbocycles. The van der Waals surface area contributed by atoms with Gasteiger partial charge in [0, 0.05) is 12.2 Å². The molecule has 1 saturated heterocycles. The van der Waals surface area contributed by atoms with Crippen LogP contribution in [0, 0.1) is 17.1 Å². The summed E-state index contributed by atoms with van der Waals surface area (Å²) in [6.45, 7) is 0.365. The molecule has 0 radical (unpaired) electrons. The summed E-state index contributed by atoms with van der Waals surface area (Å²) in [5.41, 5.74) is 2.36. The number of anilines is 1. The summed E-state index contributed by atoms with van der Waals surface area (Å²) in [5.74, 6) is -1.09. The zero-order valence-corrected chi connectivity index (χ0v) is 19.1. The van der Waals surface area contributed by atoms with Gasteiger partial charge in [-0.1, -0.05) is 72.4 Å². The first kappa shape index (κ1) is 23.3. The van der Waals surface area contributed by atoms with Crippen LogP contribution in [0.2, 0.25) is 0 Å². The number of carbonyl (C=O) groups is 2. The third kappa shape index (κ3) is 5.36. The maximum atomic E-state index is 13.4. The van der Waals surface area contributed by atoms with Gasteiger partial charge in [0.25, 0.3) is 5.91 Å². The SMILES string of the molecule is N#CC(C(=O)NCCc1ccccc1)=C1SC(Cc2ccc(F)cc2)C(=O)N1c1ccccc1. The van der Waals surface area contributed by atoms with Gasteiger partial charge in [-0.15, -0.1) is 0 Å². The van der Waals surface area contributed by atoms with E-state index in [1.165, 1.54) is 28.8 Å². The Labute approximate surface area is 201 Å². The predicted octanol–water partition coefficient (Wildman–Crippen LogP) is 4.61. The van der Waals surface area contributed by atoms with Crippen molar-refractivity contribution in [2.75, 3.05) is 11.4 Å². The van der Waals surface area contributed by atoms with Gasteiger partial charge in [-0.3, -0.25) is 14.5 Å². The zero-order valence-electron chi connectivity index (χ0n) is 18.3. The van der Waals surface area contributed by atoms with Crippen LogP contribution >= 0.6 is 11.8 Å². The summed E-state index contributed by atoms with van der Waals surface area (Å²) in [7, 11) is 0. The van der Waals surface area contributed by atoms with Crippen LogP contribution in [0.5, 0.6) is 0 Å². The Morgan fingerprint density at radius 3 is 2.26 bits per heavy atom. The van der Waals surface area contributed by atoms with Gasteiger partial charge in [0.15, 0.2) is 0 Å². The van der Waals surface area contributed by atoms with Gasteiger partial charge in [0.1, 0.15) is 22.5 Å². The van der Waals surface area contributed by atoms with Gasteiger partial charge in [-0.05, 0) is 48.2 Å². The number of thioether (sulfide) groups is 1. The van der Waals surface area contributed by atoms with E-state index in [9.17, 15) is 19.2 Å². The van der Waals surface area contributed by atoms with E-state index in [0.29, 0.717) is 30.1 Å². The Morgan fingerprint density at radius 2 is 1.62 bits per heavy atom. The van der Waals surface area contributed by atoms with Crippen molar-refractivity contribution in [1.82, 2.24) is 5.32 Å². The van der Waals surface area contributed by atoms with Crippen molar-refractivity contribution in [1.29, 1.82) is 5.26 Å². The van der Waals surface area contributed by atoms with Gasteiger partial charge in [-0.2, -0.15) is 5.26 Å². The van der Waals surface area contributed by atoms with E-state index >= 15 is 0 Å². The number of para-hydroxylation sites is 1. The first-order chi connectivity index (χ1) is 16.6. The molecule has 1 heterocycles. The molecule has 3 aromatic carbocycles. The highest BCUT2D eigenvalue weighted by atomic mass is 32.2. The molecule has 0 aliphatic carbocycles. The molecule has 2 amide bonds. The average molecular weight is 472 g/mol. The number of hydrogen-bond acceptors (Lipinski definition) is 4. The maximum absolute atomic E-state index is 13.4. The lowest BCUT2D eigenvalue weighted by Crippen LogP contribution is -2.32. The quantitative estimate of drug-likeness (QED) is 0.403. The van der Waals surface area contributed by atoms with Gasteiger partial charge in [-0.25, -0.2) is 4.39 Å². The summed E-state index contributed by atoms with van der Waals surface area (Å²) in [6, 6.07) is 26.7. The van der Waals surface area contributed by atoms with E-state index in [1.54, 1.807) is 36.4 Å². The molecule has 1 fully saturated rings. The fraction of sp³-hybridized carbons (Fsp3) is 0.148. The Kier molecular flexibility index (Phi) is 7.41. The lowest BCUT2D eigenvalue weighted by atomic mass is 10.1. The Hall–Kier alpha value is -3.89. The topological polar surface area (TPSA) is 73.2 Å². The number of nitrogens with one attached hydrogen (secondary N) is 1. The van der Waals surface area contributed by atoms with E-state index in [-0.39, 0.29) is 17.3 Å². The van der Waals surface area contributed by atoms with Crippen molar-refractivity contribution in [2.24, 2.45) is 0 Å². The second kappa shape index (κ2) is 10.8. The summed E-state index contributed by atoms with van der Waals surface area (Å²) in [4.78, 5) is 27.8. The van der Waals surface area contributed by atoms with Crippen molar-refractivity contribution in [3.05, 3.63) is 112 Å². The summed E-state index contributed by atoms with van der Waals surface area (Å²) in [5, 5.41) is 12.4. The standard InChI is InChI=1S/C27H22FN3O2S/c28-21-13-11-20(12-14-21)17-24-26(33)31(22-9-5-2-6-10-22)27(34-24)23(18-29)25(32)30-16-15-19-7-3-1-4-8-19/h1-14,24H,15-17H2,(H,30,32). The van der Waals surface area contributed by atoms with Crippen LogP contribution in [0.25, 0.3) is 0 Å². The second-order valence-electron chi connectivity index (χ2n) is 7.73. The van der Waals surface area contributed by atoms with Crippen molar-refractivity contribution in [3.8, 4) is 6.07 Å². The molecule has 3 aromatic rings. The van der Waals surface area contributed by atoms with E-state index < -0.39 is 11.2 Å². The number of benzene rings is 3. The first-order valence-electron chi connectivity index (χ1n) is 10.8. The predicted molar refractivity (Wildman–Crippen MR) is 131 cm³/mol. The highest BCUT2D eigenvalue weighted by molar-refractivity contribution is 8.05. The number of nitrogens with zero attached hydrogens (tertiary/aromatic N) is 2. The first-order valence-corrected chi connectivity index (χ1v) is 11.7. The fourth-order valence-electron chi connectivity index (χ4n) is 3.69. The van der Waals surface area contributed by atoms with Crippen LogP contribution in [0.4, 0.5) is 10.1 Å². The van der Waals surface area contributed by atoms with E-state index in [0.717, 1.165) is 11.1 Å². The molecule has 1 N–H and O–H groups in total. The van der Waals surface area contributed by atoms with Crippen LogP contribution in [0.3, 0.4) is 0 Å².